The maximum atomic E-state index is 13.1. The molecule has 10 heteroatoms. The number of carbonyl (C=O) groups excluding carboxylic acids is 1. The number of nitrogens with zero attached hydrogens (tertiary/aromatic N) is 5. The molecule has 34 heavy (non-hydrogen) atoms. The Labute approximate surface area is 198 Å². The Morgan fingerprint density at radius 3 is 2.50 bits per heavy atom. The minimum atomic E-state index is -3.28. The van der Waals surface area contributed by atoms with Crippen LogP contribution in [-0.2, 0) is 9.84 Å². The van der Waals surface area contributed by atoms with Gasteiger partial charge in [0.05, 0.1) is 15.8 Å². The Kier molecular flexibility index (Phi) is 5.17. The van der Waals surface area contributed by atoms with E-state index in [4.69, 9.17) is 11.4 Å². The minimum absolute atomic E-state index is 0.0879. The number of urea groups is 1. The van der Waals surface area contributed by atoms with Gasteiger partial charge in [-0.3, -0.25) is 4.90 Å². The van der Waals surface area contributed by atoms with E-state index in [0.29, 0.717) is 34.6 Å². The predicted molar refractivity (Wildman–Crippen MR) is 130 cm³/mol. The number of likely N-dealkylation sites (N-methyl/N-ethyl adjacent to an activating group) is 1. The van der Waals surface area contributed by atoms with Gasteiger partial charge >= 0.3 is 6.03 Å². The van der Waals surface area contributed by atoms with E-state index in [2.05, 4.69) is 21.2 Å². The summed E-state index contributed by atoms with van der Waals surface area (Å²) in [6.07, 6.45) is 12.5. The number of aromatic nitrogens is 3. The van der Waals surface area contributed by atoms with Crippen LogP contribution in [0.5, 0.6) is 0 Å². The van der Waals surface area contributed by atoms with Crippen molar-refractivity contribution < 1.29 is 13.2 Å². The number of hydrogen-bond acceptors (Lipinski definition) is 7. The summed E-state index contributed by atoms with van der Waals surface area (Å²) in [6, 6.07) is 7.99. The smallest absolute Gasteiger partial charge is 0.325 e. The number of sulfone groups is 1. The first kappa shape index (κ1) is 22.1. The summed E-state index contributed by atoms with van der Waals surface area (Å²) >= 11 is 0. The Morgan fingerprint density at radius 2 is 1.85 bits per heavy atom. The number of rotatable bonds is 4. The number of nitrogens with one attached hydrogen (secondary N) is 1. The van der Waals surface area contributed by atoms with Crippen molar-refractivity contribution >= 4 is 44.4 Å². The fraction of sp³-hybridized carbons (Fsp3) is 0.333. The fourth-order valence-corrected chi connectivity index (χ4v) is 5.54. The van der Waals surface area contributed by atoms with Crippen molar-refractivity contribution in [3.05, 3.63) is 42.1 Å². The fourth-order valence-electron chi connectivity index (χ4n) is 4.91. The molecule has 9 nitrogen and oxygen atoms in total. The van der Waals surface area contributed by atoms with Gasteiger partial charge in [0, 0.05) is 37.3 Å². The molecule has 2 aliphatic rings. The molecule has 2 aromatic heterocycles. The molecule has 1 aliphatic heterocycles. The van der Waals surface area contributed by atoms with Crippen LogP contribution in [0.15, 0.2) is 41.4 Å². The zero-order valence-corrected chi connectivity index (χ0v) is 19.8. The summed E-state index contributed by atoms with van der Waals surface area (Å²) in [7, 11) is -1.47. The van der Waals surface area contributed by atoms with E-state index in [1.54, 1.807) is 34.2 Å². The van der Waals surface area contributed by atoms with Gasteiger partial charge in [-0.1, -0.05) is 18.8 Å². The maximum Gasteiger partial charge on any atom is 0.326 e. The normalized spacial score (nSPS) is 17.5. The molecule has 2 amide bonds. The molecular formula is C24H24N6O3S. The molecule has 2 fully saturated rings. The number of pyridine rings is 1. The molecule has 1 saturated carbocycles. The second kappa shape index (κ2) is 7.95. The molecule has 0 unspecified atom stereocenters. The molecule has 0 bridgehead atoms. The third kappa shape index (κ3) is 3.72. The van der Waals surface area contributed by atoms with Gasteiger partial charge in [0.2, 0.25) is 5.95 Å². The van der Waals surface area contributed by atoms with Crippen LogP contribution in [0.4, 0.5) is 22.2 Å². The summed E-state index contributed by atoms with van der Waals surface area (Å²) < 4.78 is 23.4. The summed E-state index contributed by atoms with van der Waals surface area (Å²) in [5.41, 5.74) is 1.31. The van der Waals surface area contributed by atoms with Gasteiger partial charge in [-0.2, -0.15) is 4.98 Å². The number of fused-ring (bicyclic) bond motifs is 1. The van der Waals surface area contributed by atoms with Crippen LogP contribution in [0.2, 0.25) is 0 Å². The molecule has 1 spiro atoms. The summed E-state index contributed by atoms with van der Waals surface area (Å²) in [5, 5.41) is 3.68. The first-order chi connectivity index (χ1) is 16.2. The minimum Gasteiger partial charge on any atom is -0.325 e. The highest BCUT2D eigenvalue weighted by Crippen LogP contribution is 2.43. The van der Waals surface area contributed by atoms with E-state index in [1.807, 2.05) is 7.05 Å². The molecule has 3 aromatic rings. The van der Waals surface area contributed by atoms with Crippen molar-refractivity contribution in [3.8, 4) is 12.3 Å². The first-order valence-electron chi connectivity index (χ1n) is 11.0. The number of benzene rings is 1. The van der Waals surface area contributed by atoms with Crippen molar-refractivity contribution in [2.24, 2.45) is 0 Å². The standard InChI is InChI=1S/C24H24N6O3S/c1-4-16-13-20(30-23(31)29(2)15-24(30)11-5-6-12-24)27-21-19(16)14-25-22(28-21)26-17-7-9-18(10-8-17)34(3,32)33/h1,7-10,13-14H,5-6,11-12,15H2,2-3H3,(H,25,26,27,28). The number of amides is 2. The van der Waals surface area contributed by atoms with Crippen LogP contribution >= 0.6 is 0 Å². The van der Waals surface area contributed by atoms with E-state index in [-0.39, 0.29) is 22.4 Å². The van der Waals surface area contributed by atoms with Gasteiger partial charge in [-0.15, -0.1) is 6.42 Å². The van der Waals surface area contributed by atoms with Crippen molar-refractivity contribution in [1.82, 2.24) is 19.9 Å². The van der Waals surface area contributed by atoms with Gasteiger partial charge in [-0.25, -0.2) is 23.2 Å². The summed E-state index contributed by atoms with van der Waals surface area (Å²) in [6.45, 7) is 0.664. The van der Waals surface area contributed by atoms with Crippen LogP contribution in [0.1, 0.15) is 31.2 Å². The lowest BCUT2D eigenvalue weighted by Gasteiger charge is -2.32. The molecule has 174 valence electrons. The lowest BCUT2D eigenvalue weighted by molar-refractivity contribution is 0.229. The van der Waals surface area contributed by atoms with E-state index in [1.165, 1.54) is 12.1 Å². The van der Waals surface area contributed by atoms with Gasteiger partial charge in [0.25, 0.3) is 0 Å². The van der Waals surface area contributed by atoms with E-state index in [0.717, 1.165) is 31.9 Å². The van der Waals surface area contributed by atoms with Crippen molar-refractivity contribution in [2.45, 2.75) is 36.1 Å². The second-order valence-electron chi connectivity index (χ2n) is 8.93. The molecule has 1 aliphatic carbocycles. The predicted octanol–water partition coefficient (Wildman–Crippen LogP) is 3.34. The van der Waals surface area contributed by atoms with Crippen molar-refractivity contribution in [2.75, 3.05) is 30.1 Å². The van der Waals surface area contributed by atoms with Crippen molar-refractivity contribution in [1.29, 1.82) is 0 Å². The highest BCUT2D eigenvalue weighted by molar-refractivity contribution is 7.90. The van der Waals surface area contributed by atoms with Crippen LogP contribution in [0.25, 0.3) is 11.0 Å². The molecule has 5 rings (SSSR count). The van der Waals surface area contributed by atoms with E-state index in [9.17, 15) is 13.2 Å². The van der Waals surface area contributed by atoms with E-state index >= 15 is 0 Å². The van der Waals surface area contributed by atoms with E-state index < -0.39 is 9.84 Å². The number of hydrogen-bond donors (Lipinski definition) is 1. The molecule has 1 aromatic carbocycles. The third-order valence-corrected chi connectivity index (χ3v) is 7.66. The molecule has 3 heterocycles. The second-order valence-corrected chi connectivity index (χ2v) is 10.9. The molecule has 0 atom stereocenters. The van der Waals surface area contributed by atoms with Crippen LogP contribution in [0.3, 0.4) is 0 Å². The lowest BCUT2D eigenvalue weighted by Crippen LogP contribution is -2.45. The first-order valence-corrected chi connectivity index (χ1v) is 12.9. The zero-order chi connectivity index (χ0) is 24.1. The van der Waals surface area contributed by atoms with Gasteiger partial charge in [-0.05, 0) is 43.2 Å². The molecule has 1 saturated heterocycles. The van der Waals surface area contributed by atoms with Gasteiger partial charge in [0.1, 0.15) is 5.82 Å². The molecule has 1 N–H and O–H groups in total. The van der Waals surface area contributed by atoms with Crippen LogP contribution in [-0.4, -0.2) is 59.7 Å². The van der Waals surface area contributed by atoms with Gasteiger partial charge in [0.15, 0.2) is 15.5 Å². The Balaban J connectivity index is 1.53. The third-order valence-electron chi connectivity index (χ3n) is 6.53. The highest BCUT2D eigenvalue weighted by Gasteiger charge is 2.51. The maximum absolute atomic E-state index is 13.1. The summed E-state index contributed by atoms with van der Waals surface area (Å²) in [4.78, 5) is 30.4. The Morgan fingerprint density at radius 1 is 1.15 bits per heavy atom. The molecule has 0 radical (unpaired) electrons. The van der Waals surface area contributed by atoms with Crippen LogP contribution in [0, 0.1) is 12.3 Å². The highest BCUT2D eigenvalue weighted by atomic mass is 32.2. The SMILES string of the molecule is C#Cc1cc(N2C(=O)N(C)CC23CCCC3)nc2nc(Nc3ccc(S(C)(=O)=O)cc3)ncc12. The number of terminal acetylenes is 1. The number of anilines is 3. The largest absolute Gasteiger partial charge is 0.326 e. The average molecular weight is 477 g/mol. The quantitative estimate of drug-likeness (QED) is 0.575. The zero-order valence-electron chi connectivity index (χ0n) is 18.9. The number of carbonyl (C=O) groups is 1. The molecular weight excluding hydrogens is 452 g/mol. The lowest BCUT2D eigenvalue weighted by atomic mass is 9.96. The topological polar surface area (TPSA) is 108 Å². The van der Waals surface area contributed by atoms with Gasteiger partial charge < -0.3 is 10.2 Å². The van der Waals surface area contributed by atoms with Crippen LogP contribution < -0.4 is 10.2 Å². The Bertz CT molecular complexity index is 1440. The monoisotopic (exact) mass is 476 g/mol. The average Bonchev–Trinajstić information content (AvgIpc) is 3.36. The summed E-state index contributed by atoms with van der Waals surface area (Å²) in [5.74, 6) is 3.46. The van der Waals surface area contributed by atoms with Crippen molar-refractivity contribution in [3.63, 3.8) is 0 Å². The Hall–Kier alpha value is -3.71.